The van der Waals surface area contributed by atoms with Crippen LogP contribution in [0.1, 0.15) is 77.0 Å². The Kier molecular flexibility index (Phi) is 9.32. The third kappa shape index (κ3) is 7.86. The van der Waals surface area contributed by atoms with E-state index in [1.165, 1.54) is 61.6 Å². The second-order valence-corrected chi connectivity index (χ2v) is 12.1. The first-order chi connectivity index (χ1) is 16.1. The molecule has 4 rings (SSSR count). The van der Waals surface area contributed by atoms with Gasteiger partial charge in [0, 0.05) is 25.3 Å². The van der Waals surface area contributed by atoms with Gasteiger partial charge in [0.1, 0.15) is 0 Å². The molecule has 2 amide bonds. The van der Waals surface area contributed by atoms with Crippen molar-refractivity contribution in [2.24, 2.45) is 11.8 Å². The van der Waals surface area contributed by atoms with Crippen molar-refractivity contribution in [3.05, 3.63) is 6.20 Å². The van der Waals surface area contributed by atoms with E-state index in [1.54, 1.807) is 6.20 Å². The van der Waals surface area contributed by atoms with Crippen molar-refractivity contribution >= 4 is 40.2 Å². The molecule has 7 nitrogen and oxygen atoms in total. The Morgan fingerprint density at radius 2 is 1.61 bits per heavy atom. The predicted octanol–water partition coefficient (Wildman–Crippen LogP) is 5.86. The van der Waals surface area contributed by atoms with Gasteiger partial charge in [-0.15, -0.1) is 11.8 Å². The Balaban J connectivity index is 1.35. The van der Waals surface area contributed by atoms with E-state index in [0.717, 1.165) is 61.9 Å². The van der Waals surface area contributed by atoms with Gasteiger partial charge < -0.3 is 14.7 Å². The summed E-state index contributed by atoms with van der Waals surface area (Å²) in [5.41, 5.74) is 0. The molecule has 2 N–H and O–H groups in total. The van der Waals surface area contributed by atoms with Gasteiger partial charge in [0.25, 0.3) is 0 Å². The van der Waals surface area contributed by atoms with Crippen LogP contribution in [0.25, 0.3) is 0 Å². The number of thiazole rings is 1. The molecule has 0 radical (unpaired) electrons. The van der Waals surface area contributed by atoms with Crippen molar-refractivity contribution in [3.8, 4) is 0 Å². The minimum atomic E-state index is -0.855. The largest absolute Gasteiger partial charge is 0.481 e. The van der Waals surface area contributed by atoms with E-state index in [4.69, 9.17) is 9.84 Å². The van der Waals surface area contributed by atoms with Crippen LogP contribution < -0.4 is 5.32 Å². The lowest BCUT2D eigenvalue weighted by Gasteiger charge is -2.41. The van der Waals surface area contributed by atoms with Crippen LogP contribution >= 0.6 is 23.1 Å². The zero-order valence-corrected chi connectivity index (χ0v) is 21.0. The van der Waals surface area contributed by atoms with Gasteiger partial charge >= 0.3 is 12.0 Å². The lowest BCUT2D eigenvalue weighted by atomic mass is 9.85. The number of carboxylic acid groups (broad SMARTS) is 1. The fourth-order valence-electron chi connectivity index (χ4n) is 5.11. The summed E-state index contributed by atoms with van der Waals surface area (Å²) in [6.45, 7) is 1.80. The first-order valence-corrected chi connectivity index (χ1v) is 14.4. The number of thioether (sulfide) groups is 1. The van der Waals surface area contributed by atoms with Crippen molar-refractivity contribution in [1.29, 1.82) is 0 Å². The molecule has 0 atom stereocenters. The number of carbonyl (C=O) groups excluding carboxylic acids is 1. The summed E-state index contributed by atoms with van der Waals surface area (Å²) >= 11 is 2.58. The lowest BCUT2D eigenvalue weighted by Crippen LogP contribution is -2.50. The van der Waals surface area contributed by atoms with Crippen LogP contribution in [0.2, 0.25) is 0 Å². The molecule has 33 heavy (non-hydrogen) atoms. The van der Waals surface area contributed by atoms with Crippen LogP contribution in [0.5, 0.6) is 0 Å². The average Bonchev–Trinajstić information content (AvgIpc) is 3.57. The Morgan fingerprint density at radius 1 is 1.00 bits per heavy atom. The summed E-state index contributed by atoms with van der Waals surface area (Å²) in [5.74, 6) is 0.570. The summed E-state index contributed by atoms with van der Waals surface area (Å²) < 4.78 is 6.76. The second kappa shape index (κ2) is 12.4. The molecule has 0 saturated heterocycles. The number of ether oxygens (including phenoxy) is 1. The molecule has 3 aliphatic rings. The molecule has 1 aromatic heterocycles. The summed E-state index contributed by atoms with van der Waals surface area (Å²) in [6, 6.07) is 0.522. The highest BCUT2D eigenvalue weighted by atomic mass is 32.2. The molecule has 3 aliphatic carbocycles. The summed E-state index contributed by atoms with van der Waals surface area (Å²) in [4.78, 5) is 30.8. The number of urea groups is 1. The van der Waals surface area contributed by atoms with Crippen molar-refractivity contribution in [2.75, 3.05) is 24.3 Å². The third-order valence-electron chi connectivity index (χ3n) is 7.10. The number of amides is 2. The van der Waals surface area contributed by atoms with Crippen LogP contribution in [0, 0.1) is 11.8 Å². The molecule has 184 valence electrons. The quantitative estimate of drug-likeness (QED) is 0.312. The Labute approximate surface area is 205 Å². The molecule has 3 fully saturated rings. The van der Waals surface area contributed by atoms with Crippen LogP contribution in [0.4, 0.5) is 9.93 Å². The molecule has 0 bridgehead atoms. The normalized spacial score (nSPS) is 24.2. The number of aliphatic carboxylic acids is 1. The number of hydrogen-bond acceptors (Lipinski definition) is 6. The third-order valence-corrected chi connectivity index (χ3v) is 9.19. The topological polar surface area (TPSA) is 91.8 Å². The van der Waals surface area contributed by atoms with Crippen LogP contribution in [0.15, 0.2) is 10.4 Å². The number of nitrogens with zero attached hydrogens (tertiary/aromatic N) is 2. The van der Waals surface area contributed by atoms with E-state index >= 15 is 0 Å². The van der Waals surface area contributed by atoms with Crippen LogP contribution in [-0.2, 0) is 9.53 Å². The summed E-state index contributed by atoms with van der Waals surface area (Å²) in [7, 11) is 0. The first kappa shape index (κ1) is 24.8. The maximum absolute atomic E-state index is 13.5. The molecule has 1 heterocycles. The van der Waals surface area contributed by atoms with Gasteiger partial charge in [-0.1, -0.05) is 37.0 Å². The minimum Gasteiger partial charge on any atom is -0.481 e. The highest BCUT2D eigenvalue weighted by molar-refractivity contribution is 8.01. The first-order valence-electron chi connectivity index (χ1n) is 12.6. The van der Waals surface area contributed by atoms with Crippen molar-refractivity contribution in [2.45, 2.75) is 93.3 Å². The summed E-state index contributed by atoms with van der Waals surface area (Å²) in [5, 5.41) is 12.5. The van der Waals surface area contributed by atoms with Gasteiger partial charge in [0.2, 0.25) is 0 Å². The number of aromatic nitrogens is 1. The Morgan fingerprint density at radius 3 is 2.21 bits per heavy atom. The maximum Gasteiger partial charge on any atom is 0.324 e. The van der Waals surface area contributed by atoms with Crippen LogP contribution in [0.3, 0.4) is 0 Å². The van der Waals surface area contributed by atoms with Gasteiger partial charge in [-0.25, -0.2) is 9.78 Å². The number of rotatable bonds is 10. The molecular weight excluding hydrogens is 458 g/mol. The highest BCUT2D eigenvalue weighted by Crippen LogP contribution is 2.35. The highest BCUT2D eigenvalue weighted by Gasteiger charge is 2.34. The predicted molar refractivity (Wildman–Crippen MR) is 132 cm³/mol. The lowest BCUT2D eigenvalue weighted by molar-refractivity contribution is -0.133. The zero-order valence-electron chi connectivity index (χ0n) is 19.4. The number of carboxylic acids is 1. The van der Waals surface area contributed by atoms with Gasteiger partial charge in [0.15, 0.2) is 5.13 Å². The van der Waals surface area contributed by atoms with Crippen molar-refractivity contribution < 1.29 is 19.4 Å². The monoisotopic (exact) mass is 495 g/mol. The Hall–Kier alpha value is -1.32. The number of nitrogens with one attached hydrogen (secondary N) is 1. The summed E-state index contributed by atoms with van der Waals surface area (Å²) in [6.07, 6.45) is 15.7. The van der Waals surface area contributed by atoms with E-state index < -0.39 is 5.97 Å². The molecular formula is C24H37N3O4S2. The van der Waals surface area contributed by atoms with Gasteiger partial charge in [0.05, 0.1) is 16.2 Å². The molecule has 9 heteroatoms. The van der Waals surface area contributed by atoms with E-state index in [1.807, 2.05) is 0 Å². The molecule has 3 saturated carbocycles. The minimum absolute atomic E-state index is 0.00259. The van der Waals surface area contributed by atoms with E-state index in [2.05, 4.69) is 15.2 Å². The smallest absolute Gasteiger partial charge is 0.324 e. The molecule has 0 spiro atoms. The van der Waals surface area contributed by atoms with Gasteiger partial charge in [-0.05, 0) is 63.2 Å². The maximum atomic E-state index is 13.5. The fraction of sp³-hybridized carbons (Fsp3) is 0.792. The van der Waals surface area contributed by atoms with Crippen molar-refractivity contribution in [3.63, 3.8) is 0 Å². The molecule has 0 aliphatic heterocycles. The average molecular weight is 496 g/mol. The number of anilines is 1. The molecule has 0 unspecified atom stereocenters. The van der Waals surface area contributed by atoms with E-state index in [9.17, 15) is 9.59 Å². The zero-order chi connectivity index (χ0) is 23.0. The fourth-order valence-corrected chi connectivity index (χ4v) is 6.70. The Bertz CT molecular complexity index is 770. The van der Waals surface area contributed by atoms with Gasteiger partial charge in [-0.2, -0.15) is 0 Å². The van der Waals surface area contributed by atoms with E-state index in [0.29, 0.717) is 17.1 Å². The standard InChI is InChI=1S/C24H37N3O4S2/c28-21(29)16-32-22-13-25-23(33-22)26-24(30)27(19-5-3-1-2-4-6-19)20-11-9-18(10-12-20)15-31-14-17-7-8-17/h13,17-20H,1-12,14-16H2,(H,28,29)(H,25,26,30). The van der Waals surface area contributed by atoms with Gasteiger partial charge in [-0.3, -0.25) is 10.1 Å². The molecule has 0 aromatic carbocycles. The number of carbonyl (C=O) groups is 2. The second-order valence-electron chi connectivity index (χ2n) is 9.81. The van der Waals surface area contributed by atoms with E-state index in [-0.39, 0.29) is 17.8 Å². The van der Waals surface area contributed by atoms with Crippen LogP contribution in [-0.4, -0.2) is 58.0 Å². The molecule has 1 aromatic rings. The van der Waals surface area contributed by atoms with Crippen molar-refractivity contribution in [1.82, 2.24) is 9.88 Å². The SMILES string of the molecule is O=C(O)CSc1cnc(NC(=O)N(C2CCCCCC2)C2CCC(COCC3CC3)CC2)s1. The number of hydrogen-bond donors (Lipinski definition) is 2.